The van der Waals surface area contributed by atoms with E-state index in [0.29, 0.717) is 52.6 Å². The number of fused-ring (bicyclic) bond motifs is 1. The van der Waals surface area contributed by atoms with E-state index in [0.717, 1.165) is 10.4 Å². The summed E-state index contributed by atoms with van der Waals surface area (Å²) in [4.78, 5) is 20.9. The summed E-state index contributed by atoms with van der Waals surface area (Å²) in [7, 11) is 3.19. The van der Waals surface area contributed by atoms with Crippen LogP contribution in [0.25, 0.3) is 21.7 Å². The van der Waals surface area contributed by atoms with Crippen molar-refractivity contribution in [2.75, 3.05) is 20.8 Å². The fraction of sp³-hybridized carbons (Fsp3) is 0.261. The van der Waals surface area contributed by atoms with Crippen LogP contribution in [0.2, 0.25) is 0 Å². The molecule has 3 aromatic heterocycles. The smallest absolute Gasteiger partial charge is 0.259 e. The molecule has 8 heteroatoms. The number of carbonyl (C=O) groups excluding carboxylic acids is 1. The quantitative estimate of drug-likeness (QED) is 0.408. The van der Waals surface area contributed by atoms with Crippen molar-refractivity contribution in [3.63, 3.8) is 0 Å². The van der Waals surface area contributed by atoms with Crippen LogP contribution in [0.4, 0.5) is 0 Å². The molecular formula is C23H23N3O4S. The Kier molecular flexibility index (Phi) is 5.90. The molecule has 0 saturated carbocycles. The summed E-state index contributed by atoms with van der Waals surface area (Å²) >= 11 is 1.56. The molecule has 0 aliphatic carbocycles. The maximum atomic E-state index is 13.6. The van der Waals surface area contributed by atoms with Gasteiger partial charge in [0.2, 0.25) is 0 Å². The van der Waals surface area contributed by atoms with Crippen LogP contribution in [-0.2, 0) is 6.54 Å². The molecule has 0 radical (unpaired) electrons. The molecule has 1 aromatic carbocycles. The van der Waals surface area contributed by atoms with E-state index in [1.165, 1.54) is 0 Å². The van der Waals surface area contributed by atoms with Gasteiger partial charge in [-0.2, -0.15) is 0 Å². The number of hydrogen-bond donors (Lipinski definition) is 0. The van der Waals surface area contributed by atoms with Crippen molar-refractivity contribution in [1.29, 1.82) is 0 Å². The van der Waals surface area contributed by atoms with Crippen LogP contribution in [0.1, 0.15) is 28.5 Å². The normalized spacial score (nSPS) is 11.0. The van der Waals surface area contributed by atoms with Crippen molar-refractivity contribution in [2.24, 2.45) is 0 Å². The summed E-state index contributed by atoms with van der Waals surface area (Å²) in [6, 6.07) is 11.4. The lowest BCUT2D eigenvalue weighted by Crippen LogP contribution is -2.30. The fourth-order valence-electron chi connectivity index (χ4n) is 3.51. The minimum atomic E-state index is -0.103. The molecule has 7 nitrogen and oxygen atoms in total. The number of benzene rings is 1. The largest absolute Gasteiger partial charge is 0.493 e. The van der Waals surface area contributed by atoms with Crippen LogP contribution in [0.15, 0.2) is 46.3 Å². The number of ether oxygens (including phenoxy) is 2. The fourth-order valence-corrected chi connectivity index (χ4v) is 4.20. The van der Waals surface area contributed by atoms with Gasteiger partial charge in [-0.3, -0.25) is 4.79 Å². The van der Waals surface area contributed by atoms with E-state index >= 15 is 0 Å². The van der Waals surface area contributed by atoms with Gasteiger partial charge in [0.1, 0.15) is 0 Å². The van der Waals surface area contributed by atoms with E-state index in [-0.39, 0.29) is 5.91 Å². The number of thiophene rings is 1. The molecule has 0 atom stereocenters. The standard InChI is InChI=1S/C23H23N3O4S/c1-5-26(13-15-8-9-18(28-3)19(11-15)29-4)23(27)16-12-17(20-7-6-10-31-20)24-22-21(16)14(2)25-30-22/h6-12H,5,13H2,1-4H3. The van der Waals surface area contributed by atoms with Gasteiger partial charge in [0.15, 0.2) is 11.5 Å². The van der Waals surface area contributed by atoms with Gasteiger partial charge in [-0.15, -0.1) is 11.3 Å². The molecule has 0 N–H and O–H groups in total. The van der Waals surface area contributed by atoms with Crippen LogP contribution in [0, 0.1) is 6.92 Å². The molecule has 0 aliphatic heterocycles. The predicted octanol–water partition coefficient (Wildman–Crippen LogP) is 4.94. The first kappa shape index (κ1) is 20.9. The number of carbonyl (C=O) groups is 1. The Balaban J connectivity index is 1.73. The molecule has 0 saturated heterocycles. The van der Waals surface area contributed by atoms with Gasteiger partial charge in [0.05, 0.1) is 41.4 Å². The van der Waals surface area contributed by atoms with Gasteiger partial charge in [-0.05, 0) is 49.1 Å². The Bertz CT molecular complexity index is 1220. The highest BCUT2D eigenvalue weighted by molar-refractivity contribution is 7.13. The first-order chi connectivity index (χ1) is 15.0. The molecule has 0 bridgehead atoms. The minimum Gasteiger partial charge on any atom is -0.493 e. The van der Waals surface area contributed by atoms with Gasteiger partial charge in [-0.25, -0.2) is 4.98 Å². The van der Waals surface area contributed by atoms with E-state index in [9.17, 15) is 4.79 Å². The number of aromatic nitrogens is 2. The van der Waals surface area contributed by atoms with Crippen LogP contribution in [-0.4, -0.2) is 41.7 Å². The number of rotatable bonds is 7. The summed E-state index contributed by atoms with van der Waals surface area (Å²) in [5, 5.41) is 6.66. The Labute approximate surface area is 184 Å². The van der Waals surface area contributed by atoms with Crippen LogP contribution in [0.3, 0.4) is 0 Å². The Hall–Kier alpha value is -3.39. The molecule has 0 spiro atoms. The third-order valence-corrected chi connectivity index (χ3v) is 6.00. The van der Waals surface area contributed by atoms with Gasteiger partial charge in [-0.1, -0.05) is 17.3 Å². The van der Waals surface area contributed by atoms with E-state index in [4.69, 9.17) is 14.0 Å². The molecule has 4 aromatic rings. The summed E-state index contributed by atoms with van der Waals surface area (Å²) in [5.74, 6) is 1.18. The molecular weight excluding hydrogens is 414 g/mol. The van der Waals surface area contributed by atoms with Gasteiger partial charge < -0.3 is 18.9 Å². The van der Waals surface area contributed by atoms with Crippen LogP contribution < -0.4 is 9.47 Å². The van der Waals surface area contributed by atoms with Crippen molar-refractivity contribution in [3.8, 4) is 22.1 Å². The zero-order valence-corrected chi connectivity index (χ0v) is 18.7. The first-order valence-electron chi connectivity index (χ1n) is 9.86. The lowest BCUT2D eigenvalue weighted by atomic mass is 10.1. The number of nitrogens with zero attached hydrogens (tertiary/aromatic N) is 3. The molecule has 31 heavy (non-hydrogen) atoms. The number of methoxy groups -OCH3 is 2. The maximum Gasteiger partial charge on any atom is 0.259 e. The summed E-state index contributed by atoms with van der Waals surface area (Å²) in [6.45, 7) is 4.74. The van der Waals surface area contributed by atoms with Gasteiger partial charge in [0.25, 0.3) is 11.6 Å². The monoisotopic (exact) mass is 437 g/mol. The highest BCUT2D eigenvalue weighted by atomic mass is 32.1. The average molecular weight is 438 g/mol. The Morgan fingerprint density at radius 1 is 1.16 bits per heavy atom. The highest BCUT2D eigenvalue weighted by Gasteiger charge is 2.23. The third kappa shape index (κ3) is 3.98. The lowest BCUT2D eigenvalue weighted by Gasteiger charge is -2.22. The lowest BCUT2D eigenvalue weighted by molar-refractivity contribution is 0.0754. The SMILES string of the molecule is CCN(Cc1ccc(OC)c(OC)c1)C(=O)c1cc(-c2cccs2)nc2onc(C)c12. The van der Waals surface area contributed by atoms with E-state index in [1.54, 1.807) is 30.5 Å². The molecule has 0 fully saturated rings. The molecule has 0 unspecified atom stereocenters. The Morgan fingerprint density at radius 2 is 1.97 bits per heavy atom. The van der Waals surface area contributed by atoms with E-state index < -0.39 is 0 Å². The van der Waals surface area contributed by atoms with Crippen LogP contribution in [0.5, 0.6) is 11.5 Å². The summed E-state index contributed by atoms with van der Waals surface area (Å²) in [5.41, 5.74) is 3.19. The average Bonchev–Trinajstić information content (AvgIpc) is 3.46. The second-order valence-electron chi connectivity index (χ2n) is 6.99. The molecule has 3 heterocycles. The molecule has 1 amide bonds. The number of amides is 1. The number of hydrogen-bond acceptors (Lipinski definition) is 7. The second-order valence-corrected chi connectivity index (χ2v) is 7.94. The van der Waals surface area contributed by atoms with Crippen molar-refractivity contribution in [1.82, 2.24) is 15.0 Å². The van der Waals surface area contributed by atoms with Crippen molar-refractivity contribution < 1.29 is 18.8 Å². The van der Waals surface area contributed by atoms with E-state index in [2.05, 4.69) is 10.1 Å². The van der Waals surface area contributed by atoms with Crippen molar-refractivity contribution >= 4 is 28.3 Å². The minimum absolute atomic E-state index is 0.103. The van der Waals surface area contributed by atoms with E-state index in [1.807, 2.05) is 55.6 Å². The van der Waals surface area contributed by atoms with Crippen molar-refractivity contribution in [3.05, 3.63) is 58.6 Å². The first-order valence-corrected chi connectivity index (χ1v) is 10.7. The maximum absolute atomic E-state index is 13.6. The topological polar surface area (TPSA) is 77.7 Å². The molecule has 160 valence electrons. The molecule has 4 rings (SSSR count). The van der Waals surface area contributed by atoms with Crippen molar-refractivity contribution in [2.45, 2.75) is 20.4 Å². The second kappa shape index (κ2) is 8.77. The Morgan fingerprint density at radius 3 is 2.65 bits per heavy atom. The number of aryl methyl sites for hydroxylation is 1. The summed E-state index contributed by atoms with van der Waals surface area (Å²) < 4.78 is 16.1. The predicted molar refractivity (Wildman–Crippen MR) is 120 cm³/mol. The molecule has 0 aliphatic rings. The third-order valence-electron chi connectivity index (χ3n) is 5.11. The van der Waals surface area contributed by atoms with Gasteiger partial charge >= 0.3 is 0 Å². The zero-order chi connectivity index (χ0) is 22.0. The number of pyridine rings is 1. The van der Waals surface area contributed by atoms with Crippen LogP contribution >= 0.6 is 11.3 Å². The highest BCUT2D eigenvalue weighted by Crippen LogP contribution is 2.31. The van der Waals surface area contributed by atoms with Gasteiger partial charge in [0, 0.05) is 13.1 Å². The summed E-state index contributed by atoms with van der Waals surface area (Å²) in [6.07, 6.45) is 0. The zero-order valence-electron chi connectivity index (χ0n) is 17.8.